The van der Waals surface area contributed by atoms with Crippen LogP contribution in [0.4, 0.5) is 0 Å². The Labute approximate surface area is 150 Å². The van der Waals surface area contributed by atoms with Crippen LogP contribution in [0.3, 0.4) is 0 Å². The number of carbonyl (C=O) groups excluding carboxylic acids is 1. The van der Waals surface area contributed by atoms with E-state index in [-0.39, 0.29) is 11.6 Å². The maximum Gasteiger partial charge on any atom is 0.325 e. The summed E-state index contributed by atoms with van der Waals surface area (Å²) in [4.78, 5) is 22.8. The SMILES string of the molecule is CC(NC(=O)/C(C#N)=C\NC1CCCCCCCCCCC1)C(=O)O. The lowest BCUT2D eigenvalue weighted by Gasteiger charge is -2.18. The fraction of sp³-hybridized carbons (Fsp3) is 0.737. The van der Waals surface area contributed by atoms with Crippen LogP contribution in [-0.2, 0) is 9.59 Å². The molecule has 1 unspecified atom stereocenters. The molecule has 0 aromatic carbocycles. The predicted octanol–water partition coefficient (Wildman–Crippen LogP) is 3.25. The van der Waals surface area contributed by atoms with Gasteiger partial charge in [0.1, 0.15) is 17.7 Å². The third-order valence-corrected chi connectivity index (χ3v) is 4.65. The van der Waals surface area contributed by atoms with Crippen molar-refractivity contribution in [2.45, 2.75) is 89.6 Å². The zero-order chi connectivity index (χ0) is 18.5. The number of carbonyl (C=O) groups is 2. The van der Waals surface area contributed by atoms with E-state index in [0.29, 0.717) is 0 Å². The van der Waals surface area contributed by atoms with E-state index >= 15 is 0 Å². The first kappa shape index (κ1) is 21.0. The van der Waals surface area contributed by atoms with Crippen LogP contribution in [0.25, 0.3) is 0 Å². The van der Waals surface area contributed by atoms with Gasteiger partial charge in [-0.2, -0.15) is 5.26 Å². The summed E-state index contributed by atoms with van der Waals surface area (Å²) in [5.41, 5.74) is -0.0841. The van der Waals surface area contributed by atoms with Gasteiger partial charge in [0.15, 0.2) is 0 Å². The molecule has 1 aliphatic rings. The maximum atomic E-state index is 12.0. The van der Waals surface area contributed by atoms with Crippen LogP contribution < -0.4 is 10.6 Å². The number of rotatable bonds is 5. The molecular formula is C19H31N3O3. The molecule has 0 heterocycles. The molecule has 0 radical (unpaired) electrons. The van der Waals surface area contributed by atoms with E-state index in [1.54, 1.807) is 0 Å². The number of carboxylic acid groups (broad SMARTS) is 1. The predicted molar refractivity (Wildman–Crippen MR) is 96.6 cm³/mol. The molecule has 0 spiro atoms. The lowest BCUT2D eigenvalue weighted by atomic mass is 9.98. The molecule has 6 nitrogen and oxygen atoms in total. The minimum atomic E-state index is -1.13. The number of nitrogens with zero attached hydrogens (tertiary/aromatic N) is 1. The second kappa shape index (κ2) is 12.3. The van der Waals surface area contributed by atoms with Gasteiger partial charge in [-0.25, -0.2) is 0 Å². The van der Waals surface area contributed by atoms with E-state index in [1.165, 1.54) is 58.1 Å². The van der Waals surface area contributed by atoms with Gasteiger partial charge in [0.25, 0.3) is 5.91 Å². The molecule has 1 fully saturated rings. The van der Waals surface area contributed by atoms with Gasteiger partial charge in [-0.15, -0.1) is 0 Å². The van der Waals surface area contributed by atoms with Gasteiger partial charge in [-0.05, 0) is 19.8 Å². The smallest absolute Gasteiger partial charge is 0.325 e. The molecule has 1 rings (SSSR count). The van der Waals surface area contributed by atoms with Crippen molar-refractivity contribution in [3.8, 4) is 6.07 Å². The van der Waals surface area contributed by atoms with Gasteiger partial charge >= 0.3 is 5.97 Å². The highest BCUT2D eigenvalue weighted by atomic mass is 16.4. The van der Waals surface area contributed by atoms with Crippen LogP contribution in [0.2, 0.25) is 0 Å². The highest BCUT2D eigenvalue weighted by Crippen LogP contribution is 2.17. The summed E-state index contributed by atoms with van der Waals surface area (Å²) in [7, 11) is 0. The fourth-order valence-electron chi connectivity index (χ4n) is 3.02. The Hall–Kier alpha value is -2.03. The topological polar surface area (TPSA) is 102 Å². The van der Waals surface area contributed by atoms with E-state index in [9.17, 15) is 9.59 Å². The van der Waals surface area contributed by atoms with Crippen molar-refractivity contribution in [2.24, 2.45) is 0 Å². The number of hydrogen-bond acceptors (Lipinski definition) is 4. The molecule has 0 saturated heterocycles. The molecule has 1 amide bonds. The molecule has 140 valence electrons. The van der Waals surface area contributed by atoms with Crippen molar-refractivity contribution in [3.63, 3.8) is 0 Å². The van der Waals surface area contributed by atoms with Gasteiger partial charge < -0.3 is 15.7 Å². The van der Waals surface area contributed by atoms with Gasteiger partial charge in [-0.3, -0.25) is 9.59 Å². The normalized spacial score (nSPS) is 19.6. The highest BCUT2D eigenvalue weighted by Gasteiger charge is 2.17. The molecule has 0 aliphatic heterocycles. The third-order valence-electron chi connectivity index (χ3n) is 4.65. The van der Waals surface area contributed by atoms with Gasteiger partial charge in [0, 0.05) is 12.2 Å². The highest BCUT2D eigenvalue weighted by molar-refractivity contribution is 5.99. The van der Waals surface area contributed by atoms with E-state index in [4.69, 9.17) is 10.4 Å². The lowest BCUT2D eigenvalue weighted by Crippen LogP contribution is -2.39. The van der Waals surface area contributed by atoms with Crippen molar-refractivity contribution >= 4 is 11.9 Å². The lowest BCUT2D eigenvalue weighted by molar-refractivity contribution is -0.140. The van der Waals surface area contributed by atoms with Gasteiger partial charge in [0.2, 0.25) is 0 Å². The molecule has 0 aromatic rings. The van der Waals surface area contributed by atoms with Crippen molar-refractivity contribution in [1.82, 2.24) is 10.6 Å². The molecule has 0 aromatic heterocycles. The van der Waals surface area contributed by atoms with Crippen LogP contribution in [0.5, 0.6) is 0 Å². The van der Waals surface area contributed by atoms with E-state index in [2.05, 4.69) is 10.6 Å². The van der Waals surface area contributed by atoms with Crippen molar-refractivity contribution < 1.29 is 14.7 Å². The molecule has 1 aliphatic carbocycles. The van der Waals surface area contributed by atoms with Crippen LogP contribution in [0.1, 0.15) is 77.6 Å². The molecule has 0 bridgehead atoms. The first-order chi connectivity index (χ1) is 12.0. The average Bonchev–Trinajstić information content (AvgIpc) is 2.57. The first-order valence-corrected chi connectivity index (χ1v) is 9.44. The number of nitriles is 1. The van der Waals surface area contributed by atoms with Crippen LogP contribution in [0, 0.1) is 11.3 Å². The minimum Gasteiger partial charge on any atom is -0.480 e. The molecule has 6 heteroatoms. The number of carboxylic acids is 1. The summed E-state index contributed by atoms with van der Waals surface area (Å²) in [6.07, 6.45) is 14.8. The second-order valence-corrected chi connectivity index (χ2v) is 6.83. The molecule has 3 N–H and O–H groups in total. The summed E-state index contributed by atoms with van der Waals surface area (Å²) in [5, 5.41) is 23.5. The zero-order valence-corrected chi connectivity index (χ0v) is 15.2. The summed E-state index contributed by atoms with van der Waals surface area (Å²) in [6.45, 7) is 1.37. The number of aliphatic carboxylic acids is 1. The molecule has 1 saturated carbocycles. The summed E-state index contributed by atoms with van der Waals surface area (Å²) in [5.74, 6) is -1.78. The van der Waals surface area contributed by atoms with Crippen molar-refractivity contribution in [2.75, 3.05) is 0 Å². The Bertz CT molecular complexity index is 485. The molecule has 1 atom stereocenters. The largest absolute Gasteiger partial charge is 0.480 e. The van der Waals surface area contributed by atoms with Gasteiger partial charge in [-0.1, -0.05) is 57.8 Å². The van der Waals surface area contributed by atoms with Gasteiger partial charge in [0.05, 0.1) is 0 Å². The minimum absolute atomic E-state index is 0.0841. The van der Waals surface area contributed by atoms with Crippen LogP contribution in [-0.4, -0.2) is 29.1 Å². The monoisotopic (exact) mass is 349 g/mol. The molecular weight excluding hydrogens is 318 g/mol. The number of hydrogen-bond donors (Lipinski definition) is 3. The Morgan fingerprint density at radius 2 is 1.52 bits per heavy atom. The van der Waals surface area contributed by atoms with E-state index in [1.807, 2.05) is 6.07 Å². The number of amides is 1. The summed E-state index contributed by atoms with van der Waals surface area (Å²) >= 11 is 0. The van der Waals surface area contributed by atoms with Crippen molar-refractivity contribution in [1.29, 1.82) is 5.26 Å². The summed E-state index contributed by atoms with van der Waals surface area (Å²) in [6, 6.07) is 1.08. The second-order valence-electron chi connectivity index (χ2n) is 6.83. The van der Waals surface area contributed by atoms with E-state index < -0.39 is 17.9 Å². The quantitative estimate of drug-likeness (QED) is 0.522. The Morgan fingerprint density at radius 1 is 1.04 bits per heavy atom. The third kappa shape index (κ3) is 9.13. The van der Waals surface area contributed by atoms with Crippen LogP contribution in [0.15, 0.2) is 11.8 Å². The number of nitrogens with one attached hydrogen (secondary N) is 2. The zero-order valence-electron chi connectivity index (χ0n) is 15.2. The fourth-order valence-corrected chi connectivity index (χ4v) is 3.02. The maximum absolute atomic E-state index is 12.0. The summed E-state index contributed by atoms with van der Waals surface area (Å²) < 4.78 is 0. The first-order valence-electron chi connectivity index (χ1n) is 9.44. The Kier molecular flexibility index (Phi) is 10.4. The van der Waals surface area contributed by atoms with Crippen LogP contribution >= 0.6 is 0 Å². The Balaban J connectivity index is 2.57. The molecule has 25 heavy (non-hydrogen) atoms. The van der Waals surface area contributed by atoms with Crippen molar-refractivity contribution in [3.05, 3.63) is 11.8 Å². The average molecular weight is 349 g/mol. The standard InChI is InChI=1S/C19H31N3O3/c1-15(19(24)25)22-18(23)16(13-20)14-21-17-11-9-7-5-3-2-4-6-8-10-12-17/h14-15,17,21H,2-12H2,1H3,(H,22,23)(H,24,25)/b16-14-. The van der Waals surface area contributed by atoms with E-state index in [0.717, 1.165) is 25.7 Å². The Morgan fingerprint density at radius 3 is 1.96 bits per heavy atom.